The molecule has 23 heavy (non-hydrogen) atoms. The summed E-state index contributed by atoms with van der Waals surface area (Å²) >= 11 is 0. The zero-order chi connectivity index (χ0) is 15.8. The number of nitrogens with one attached hydrogen (secondary N) is 1. The Morgan fingerprint density at radius 3 is 2.96 bits per heavy atom. The predicted octanol–water partition coefficient (Wildman–Crippen LogP) is 1.65. The fourth-order valence-corrected chi connectivity index (χ4v) is 3.34. The Morgan fingerprint density at radius 2 is 2.13 bits per heavy atom. The molecule has 0 aliphatic carbocycles. The molecule has 0 unspecified atom stereocenters. The second-order valence-electron chi connectivity index (χ2n) is 6.15. The highest BCUT2D eigenvalue weighted by molar-refractivity contribution is 5.72. The summed E-state index contributed by atoms with van der Waals surface area (Å²) < 4.78 is 1.64. The van der Waals surface area contributed by atoms with E-state index in [1.807, 2.05) is 6.07 Å². The van der Waals surface area contributed by atoms with Crippen LogP contribution in [0, 0.1) is 0 Å². The van der Waals surface area contributed by atoms with Crippen LogP contribution in [0.3, 0.4) is 0 Å². The Morgan fingerprint density at radius 1 is 1.30 bits per heavy atom. The van der Waals surface area contributed by atoms with Crippen LogP contribution in [0.2, 0.25) is 0 Å². The average molecular weight is 309 g/mol. The minimum Gasteiger partial charge on any atom is -0.309 e. The van der Waals surface area contributed by atoms with Crippen LogP contribution in [0.5, 0.6) is 0 Å². The number of nitrogens with zero attached hydrogens (tertiary/aromatic N) is 4. The number of aryl methyl sites for hydroxylation is 1. The van der Waals surface area contributed by atoms with Crippen molar-refractivity contribution in [1.29, 1.82) is 0 Å². The molecule has 3 aromatic rings. The highest BCUT2D eigenvalue weighted by atomic mass is 16.1. The lowest BCUT2D eigenvalue weighted by Crippen LogP contribution is -2.23. The van der Waals surface area contributed by atoms with E-state index >= 15 is 0 Å². The molecule has 0 radical (unpaired) electrons. The maximum Gasteiger partial charge on any atom is 0.262 e. The smallest absolute Gasteiger partial charge is 0.262 e. The molecule has 1 aliphatic heterocycles. The van der Waals surface area contributed by atoms with E-state index in [9.17, 15) is 4.79 Å². The number of benzene rings is 1. The standard InChI is InChI=1S/C17H19N5O/c1-21-16-14(9-18-21)17(23)20-15(19-16)11-22-8-7-13(10-22)12-5-3-2-4-6-12/h2-6,9,13H,7-8,10-11H2,1H3,(H,19,20,23)/t13-/m0/s1. The van der Waals surface area contributed by atoms with Crippen molar-refractivity contribution in [2.45, 2.75) is 18.9 Å². The monoisotopic (exact) mass is 309 g/mol. The maximum atomic E-state index is 12.1. The summed E-state index contributed by atoms with van der Waals surface area (Å²) in [4.78, 5) is 21.9. The van der Waals surface area contributed by atoms with E-state index in [1.54, 1.807) is 17.9 Å². The second-order valence-corrected chi connectivity index (χ2v) is 6.15. The Bertz CT molecular complexity index is 883. The van der Waals surface area contributed by atoms with Crippen molar-refractivity contribution in [3.63, 3.8) is 0 Å². The summed E-state index contributed by atoms with van der Waals surface area (Å²) in [6.07, 6.45) is 2.70. The molecule has 1 aromatic carbocycles. The quantitative estimate of drug-likeness (QED) is 0.799. The van der Waals surface area contributed by atoms with Gasteiger partial charge in [-0.15, -0.1) is 0 Å². The van der Waals surface area contributed by atoms with Crippen molar-refractivity contribution in [3.8, 4) is 0 Å². The summed E-state index contributed by atoms with van der Waals surface area (Å²) in [6, 6.07) is 10.6. The molecule has 1 fully saturated rings. The van der Waals surface area contributed by atoms with Crippen LogP contribution in [0.25, 0.3) is 11.0 Å². The molecule has 1 aliphatic rings. The Hall–Kier alpha value is -2.47. The molecule has 1 N–H and O–H groups in total. The first kappa shape index (κ1) is 14.1. The zero-order valence-corrected chi connectivity index (χ0v) is 13.1. The molecule has 0 spiro atoms. The average Bonchev–Trinajstić information content (AvgIpc) is 3.16. The van der Waals surface area contributed by atoms with Crippen LogP contribution >= 0.6 is 0 Å². The highest BCUT2D eigenvalue weighted by Crippen LogP contribution is 2.27. The lowest BCUT2D eigenvalue weighted by Gasteiger charge is -2.15. The van der Waals surface area contributed by atoms with Crippen molar-refractivity contribution in [2.24, 2.45) is 7.05 Å². The highest BCUT2D eigenvalue weighted by Gasteiger charge is 2.24. The number of hydrogen-bond donors (Lipinski definition) is 1. The maximum absolute atomic E-state index is 12.1. The van der Waals surface area contributed by atoms with Gasteiger partial charge in [-0.2, -0.15) is 5.10 Å². The van der Waals surface area contributed by atoms with Gasteiger partial charge in [-0.1, -0.05) is 30.3 Å². The Labute approximate surface area is 133 Å². The van der Waals surface area contributed by atoms with E-state index < -0.39 is 0 Å². The molecule has 0 saturated carbocycles. The van der Waals surface area contributed by atoms with Gasteiger partial charge in [0.2, 0.25) is 0 Å². The van der Waals surface area contributed by atoms with Gasteiger partial charge in [-0.25, -0.2) is 4.98 Å². The molecule has 0 amide bonds. The van der Waals surface area contributed by atoms with Gasteiger partial charge in [0.1, 0.15) is 11.2 Å². The Kier molecular flexibility index (Phi) is 3.46. The summed E-state index contributed by atoms with van der Waals surface area (Å²) in [5.74, 6) is 1.27. The van der Waals surface area contributed by atoms with E-state index in [1.165, 1.54) is 5.56 Å². The first-order valence-corrected chi connectivity index (χ1v) is 7.89. The molecule has 3 heterocycles. The molecule has 1 saturated heterocycles. The van der Waals surface area contributed by atoms with Crippen LogP contribution < -0.4 is 5.56 Å². The number of aromatic amines is 1. The summed E-state index contributed by atoms with van der Waals surface area (Å²) in [5.41, 5.74) is 1.91. The first-order valence-electron chi connectivity index (χ1n) is 7.89. The third kappa shape index (κ3) is 2.66. The topological polar surface area (TPSA) is 66.8 Å². The number of likely N-dealkylation sites (tertiary alicyclic amines) is 1. The lowest BCUT2D eigenvalue weighted by atomic mass is 9.99. The summed E-state index contributed by atoms with van der Waals surface area (Å²) in [5, 5.41) is 4.64. The molecular weight excluding hydrogens is 290 g/mol. The molecule has 6 heteroatoms. The van der Waals surface area contributed by atoms with E-state index in [4.69, 9.17) is 0 Å². The molecule has 0 bridgehead atoms. The number of H-pyrrole nitrogens is 1. The third-order valence-electron chi connectivity index (χ3n) is 4.57. The Balaban J connectivity index is 1.53. The third-order valence-corrected chi connectivity index (χ3v) is 4.57. The van der Waals surface area contributed by atoms with Crippen molar-refractivity contribution in [2.75, 3.05) is 13.1 Å². The van der Waals surface area contributed by atoms with Gasteiger partial charge in [0.25, 0.3) is 5.56 Å². The van der Waals surface area contributed by atoms with Gasteiger partial charge in [-0.05, 0) is 24.4 Å². The van der Waals surface area contributed by atoms with Crippen molar-refractivity contribution < 1.29 is 0 Å². The summed E-state index contributed by atoms with van der Waals surface area (Å²) in [6.45, 7) is 2.68. The summed E-state index contributed by atoms with van der Waals surface area (Å²) in [7, 11) is 1.81. The van der Waals surface area contributed by atoms with Gasteiger partial charge in [0.05, 0.1) is 12.7 Å². The molecular formula is C17H19N5O. The zero-order valence-electron chi connectivity index (χ0n) is 13.1. The minimum absolute atomic E-state index is 0.114. The minimum atomic E-state index is -0.114. The van der Waals surface area contributed by atoms with Gasteiger partial charge >= 0.3 is 0 Å². The fraction of sp³-hybridized carbons (Fsp3) is 0.353. The second kappa shape index (κ2) is 5.62. The van der Waals surface area contributed by atoms with Gasteiger partial charge in [0.15, 0.2) is 5.65 Å². The molecule has 2 aromatic heterocycles. The van der Waals surface area contributed by atoms with Crippen LogP contribution in [-0.2, 0) is 13.6 Å². The van der Waals surface area contributed by atoms with Crippen LogP contribution in [0.15, 0.2) is 41.3 Å². The van der Waals surface area contributed by atoms with Crippen LogP contribution in [0.4, 0.5) is 0 Å². The van der Waals surface area contributed by atoms with Gasteiger partial charge < -0.3 is 4.98 Å². The van der Waals surface area contributed by atoms with E-state index in [0.717, 1.165) is 19.5 Å². The number of fused-ring (bicyclic) bond motifs is 1. The number of hydrogen-bond acceptors (Lipinski definition) is 4. The molecule has 1 atom stereocenters. The van der Waals surface area contributed by atoms with Crippen molar-refractivity contribution in [1.82, 2.24) is 24.6 Å². The van der Waals surface area contributed by atoms with E-state index in [-0.39, 0.29) is 5.56 Å². The van der Waals surface area contributed by atoms with E-state index in [2.05, 4.69) is 44.2 Å². The molecule has 118 valence electrons. The fourth-order valence-electron chi connectivity index (χ4n) is 3.34. The number of aromatic nitrogens is 4. The molecule has 6 nitrogen and oxygen atoms in total. The number of rotatable bonds is 3. The lowest BCUT2D eigenvalue weighted by molar-refractivity contribution is 0.318. The van der Waals surface area contributed by atoms with Crippen LogP contribution in [-0.4, -0.2) is 37.7 Å². The molecule has 4 rings (SSSR count). The largest absolute Gasteiger partial charge is 0.309 e. The first-order chi connectivity index (χ1) is 11.2. The van der Waals surface area contributed by atoms with E-state index in [0.29, 0.717) is 29.3 Å². The van der Waals surface area contributed by atoms with Crippen molar-refractivity contribution >= 4 is 11.0 Å². The predicted molar refractivity (Wildman–Crippen MR) is 88.2 cm³/mol. The SMILES string of the molecule is Cn1ncc2c(=O)[nH]c(CN3CC[C@H](c4ccccc4)C3)nc21. The van der Waals surface area contributed by atoms with Crippen molar-refractivity contribution in [3.05, 3.63) is 58.3 Å². The van der Waals surface area contributed by atoms with Gasteiger partial charge in [0, 0.05) is 13.6 Å². The van der Waals surface area contributed by atoms with Gasteiger partial charge in [-0.3, -0.25) is 14.4 Å². The van der Waals surface area contributed by atoms with Crippen LogP contribution in [0.1, 0.15) is 23.7 Å². The normalized spacial score (nSPS) is 18.7.